The number of hydrogen-bond acceptors (Lipinski definition) is 2. The minimum atomic E-state index is -0.291. The summed E-state index contributed by atoms with van der Waals surface area (Å²) in [5, 5.41) is 12.5. The topological polar surface area (TPSA) is 49.3 Å². The van der Waals surface area contributed by atoms with E-state index in [4.69, 9.17) is 16.7 Å². The van der Waals surface area contributed by atoms with Crippen molar-refractivity contribution in [2.45, 2.75) is 19.8 Å². The normalized spacial score (nSPS) is 12.2. The van der Waals surface area contributed by atoms with E-state index in [1.165, 1.54) is 0 Å². The van der Waals surface area contributed by atoms with Crippen LogP contribution in [0.25, 0.3) is 0 Å². The van der Waals surface area contributed by atoms with Gasteiger partial charge in [0.25, 0.3) is 0 Å². The van der Waals surface area contributed by atoms with Crippen LogP contribution in [0.4, 0.5) is 0 Å². The molecule has 3 nitrogen and oxygen atoms in total. The number of benzene rings is 1. The maximum atomic E-state index is 11.6. The minimum Gasteiger partial charge on any atom is -0.396 e. The van der Waals surface area contributed by atoms with Crippen LogP contribution < -0.4 is 5.32 Å². The number of aliphatic hydroxyl groups excluding tert-OH is 1. The highest BCUT2D eigenvalue weighted by molar-refractivity contribution is 6.30. The van der Waals surface area contributed by atoms with Gasteiger partial charge in [-0.3, -0.25) is 4.79 Å². The quantitative estimate of drug-likeness (QED) is 0.817. The van der Waals surface area contributed by atoms with Gasteiger partial charge in [0.05, 0.1) is 12.5 Å². The van der Waals surface area contributed by atoms with Gasteiger partial charge in [-0.05, 0) is 30.5 Å². The molecule has 1 rings (SSSR count). The second-order valence-electron chi connectivity index (χ2n) is 3.96. The molecule has 94 valence electrons. The predicted octanol–water partition coefficient (Wildman–Crippen LogP) is 2.02. The lowest BCUT2D eigenvalue weighted by molar-refractivity contribution is -0.126. The molecule has 1 aromatic carbocycles. The molecule has 1 aromatic rings. The van der Waals surface area contributed by atoms with E-state index >= 15 is 0 Å². The van der Waals surface area contributed by atoms with E-state index in [0.29, 0.717) is 18.0 Å². The summed E-state index contributed by atoms with van der Waals surface area (Å²) < 4.78 is 0. The molecule has 0 aliphatic carbocycles. The van der Waals surface area contributed by atoms with E-state index in [9.17, 15) is 4.79 Å². The summed E-state index contributed by atoms with van der Waals surface area (Å²) in [7, 11) is 0. The largest absolute Gasteiger partial charge is 0.396 e. The summed E-state index contributed by atoms with van der Waals surface area (Å²) in [4.78, 5) is 11.6. The molecule has 1 atom stereocenters. The first-order chi connectivity index (χ1) is 8.17. The zero-order valence-electron chi connectivity index (χ0n) is 9.95. The second-order valence-corrected chi connectivity index (χ2v) is 4.39. The molecule has 0 saturated heterocycles. The summed E-state index contributed by atoms with van der Waals surface area (Å²) in [5.41, 5.74) is 1.13. The molecule has 0 bridgehead atoms. The third-order valence-electron chi connectivity index (χ3n) is 2.71. The smallest absolute Gasteiger partial charge is 0.225 e. The van der Waals surface area contributed by atoms with Crippen LogP contribution in [0.5, 0.6) is 0 Å². The third kappa shape index (κ3) is 4.75. The third-order valence-corrected chi connectivity index (χ3v) is 2.96. The van der Waals surface area contributed by atoms with E-state index in [1.807, 2.05) is 31.2 Å². The number of carbonyl (C=O) groups excluding carboxylic acids is 1. The van der Waals surface area contributed by atoms with E-state index < -0.39 is 0 Å². The Labute approximate surface area is 107 Å². The average Bonchev–Trinajstić information content (AvgIpc) is 2.33. The van der Waals surface area contributed by atoms with Crippen molar-refractivity contribution in [2.75, 3.05) is 13.2 Å². The van der Waals surface area contributed by atoms with Crippen molar-refractivity contribution in [3.63, 3.8) is 0 Å². The van der Waals surface area contributed by atoms with Crippen LogP contribution in [0.2, 0.25) is 5.02 Å². The molecule has 0 radical (unpaired) electrons. The van der Waals surface area contributed by atoms with Gasteiger partial charge in [0.1, 0.15) is 0 Å². The summed E-state index contributed by atoms with van der Waals surface area (Å²) >= 11 is 5.78. The standard InChI is InChI=1S/C13H18ClNO2/c1-2-11(9-16)13(17)15-8-7-10-3-5-12(14)6-4-10/h3-6,11,16H,2,7-9H2,1H3,(H,15,17). The van der Waals surface area contributed by atoms with E-state index in [-0.39, 0.29) is 18.4 Å². The van der Waals surface area contributed by atoms with Gasteiger partial charge in [-0.15, -0.1) is 0 Å². The van der Waals surface area contributed by atoms with Gasteiger partial charge in [-0.25, -0.2) is 0 Å². The van der Waals surface area contributed by atoms with Gasteiger partial charge in [-0.1, -0.05) is 30.7 Å². The molecule has 4 heteroatoms. The van der Waals surface area contributed by atoms with Crippen LogP contribution in [-0.2, 0) is 11.2 Å². The second kappa shape index (κ2) is 7.30. The van der Waals surface area contributed by atoms with E-state index in [2.05, 4.69) is 5.32 Å². The number of hydrogen-bond donors (Lipinski definition) is 2. The highest BCUT2D eigenvalue weighted by Gasteiger charge is 2.13. The van der Waals surface area contributed by atoms with Crippen molar-refractivity contribution in [2.24, 2.45) is 5.92 Å². The Hall–Kier alpha value is -1.06. The fourth-order valence-corrected chi connectivity index (χ4v) is 1.65. The lowest BCUT2D eigenvalue weighted by Gasteiger charge is -2.11. The number of nitrogens with one attached hydrogen (secondary N) is 1. The molecular weight excluding hydrogens is 238 g/mol. The molecule has 0 aliphatic rings. The van der Waals surface area contributed by atoms with Crippen LogP contribution in [-0.4, -0.2) is 24.2 Å². The maximum absolute atomic E-state index is 11.6. The van der Waals surface area contributed by atoms with Crippen LogP contribution >= 0.6 is 11.6 Å². The number of aliphatic hydroxyl groups is 1. The molecule has 1 amide bonds. The fraction of sp³-hybridized carbons (Fsp3) is 0.462. The summed E-state index contributed by atoms with van der Waals surface area (Å²) in [6.45, 7) is 2.37. The molecule has 17 heavy (non-hydrogen) atoms. The van der Waals surface area contributed by atoms with E-state index in [0.717, 1.165) is 12.0 Å². The highest BCUT2D eigenvalue weighted by Crippen LogP contribution is 2.09. The molecule has 0 fully saturated rings. The van der Waals surface area contributed by atoms with Crippen LogP contribution in [0.15, 0.2) is 24.3 Å². The van der Waals surface area contributed by atoms with Gasteiger partial charge in [0, 0.05) is 11.6 Å². The zero-order chi connectivity index (χ0) is 12.7. The lowest BCUT2D eigenvalue weighted by atomic mass is 10.1. The molecule has 0 aliphatic heterocycles. The van der Waals surface area contributed by atoms with Crippen molar-refractivity contribution in [3.8, 4) is 0 Å². The van der Waals surface area contributed by atoms with Crippen molar-refractivity contribution >= 4 is 17.5 Å². The SMILES string of the molecule is CCC(CO)C(=O)NCCc1ccc(Cl)cc1. The van der Waals surface area contributed by atoms with Crippen molar-refractivity contribution in [3.05, 3.63) is 34.9 Å². The van der Waals surface area contributed by atoms with Crippen LogP contribution in [0.1, 0.15) is 18.9 Å². The van der Waals surface area contributed by atoms with Crippen molar-refractivity contribution < 1.29 is 9.90 Å². The number of amides is 1. The molecule has 0 spiro atoms. The Morgan fingerprint density at radius 2 is 2.06 bits per heavy atom. The molecular formula is C13H18ClNO2. The van der Waals surface area contributed by atoms with Gasteiger partial charge < -0.3 is 10.4 Å². The number of carbonyl (C=O) groups is 1. The number of halogens is 1. The van der Waals surface area contributed by atoms with Crippen LogP contribution in [0.3, 0.4) is 0 Å². The minimum absolute atomic E-state index is 0.0797. The molecule has 0 aromatic heterocycles. The lowest BCUT2D eigenvalue weighted by Crippen LogP contribution is -2.33. The number of rotatable bonds is 6. The van der Waals surface area contributed by atoms with Crippen LogP contribution in [0, 0.1) is 5.92 Å². The highest BCUT2D eigenvalue weighted by atomic mass is 35.5. The Morgan fingerprint density at radius 3 is 2.59 bits per heavy atom. The van der Waals surface area contributed by atoms with Gasteiger partial charge in [0.2, 0.25) is 5.91 Å². The first kappa shape index (κ1) is 14.0. The van der Waals surface area contributed by atoms with Crippen molar-refractivity contribution in [1.29, 1.82) is 0 Å². The predicted molar refractivity (Wildman–Crippen MR) is 69.0 cm³/mol. The van der Waals surface area contributed by atoms with Gasteiger partial charge in [0.15, 0.2) is 0 Å². The summed E-state index contributed by atoms with van der Waals surface area (Å²) in [6.07, 6.45) is 1.42. The maximum Gasteiger partial charge on any atom is 0.225 e. The summed E-state index contributed by atoms with van der Waals surface area (Å²) in [6, 6.07) is 7.55. The monoisotopic (exact) mass is 255 g/mol. The zero-order valence-corrected chi connectivity index (χ0v) is 10.7. The Bertz CT molecular complexity index is 347. The average molecular weight is 256 g/mol. The molecule has 1 unspecified atom stereocenters. The Kier molecular flexibility index (Phi) is 6.01. The Morgan fingerprint density at radius 1 is 1.41 bits per heavy atom. The summed E-state index contributed by atoms with van der Waals surface area (Å²) in [5.74, 6) is -0.371. The molecule has 2 N–H and O–H groups in total. The fourth-order valence-electron chi connectivity index (χ4n) is 1.52. The Balaban J connectivity index is 2.32. The first-order valence-electron chi connectivity index (χ1n) is 5.80. The van der Waals surface area contributed by atoms with Gasteiger partial charge >= 0.3 is 0 Å². The molecule has 0 heterocycles. The van der Waals surface area contributed by atoms with Gasteiger partial charge in [-0.2, -0.15) is 0 Å². The first-order valence-corrected chi connectivity index (χ1v) is 6.18. The van der Waals surface area contributed by atoms with Crippen molar-refractivity contribution in [1.82, 2.24) is 5.32 Å². The van der Waals surface area contributed by atoms with E-state index in [1.54, 1.807) is 0 Å². The molecule has 0 saturated carbocycles.